The first-order chi connectivity index (χ1) is 25.7. The van der Waals surface area contributed by atoms with E-state index in [1.807, 2.05) is 22.7 Å². The van der Waals surface area contributed by atoms with Crippen LogP contribution < -0.4 is 15.8 Å². The van der Waals surface area contributed by atoms with E-state index in [0.29, 0.717) is 0 Å². The Morgan fingerprint density at radius 3 is 2.00 bits per heavy atom. The number of anilines is 3. The second-order valence-corrected chi connectivity index (χ2v) is 16.7. The number of nitrogens with zero attached hydrogens (tertiary/aromatic N) is 2. The van der Waals surface area contributed by atoms with Gasteiger partial charge in [-0.15, -0.1) is 22.7 Å². The van der Waals surface area contributed by atoms with E-state index in [1.165, 1.54) is 118 Å². The Kier molecular flexibility index (Phi) is 5.19. The summed E-state index contributed by atoms with van der Waals surface area (Å²) >= 11 is 3.80. The van der Waals surface area contributed by atoms with E-state index < -0.39 is 0 Å². The Morgan fingerprint density at radius 1 is 0.462 bits per heavy atom. The molecule has 0 unspecified atom stereocenters. The molecule has 2 aliphatic rings. The molecule has 0 bridgehead atoms. The number of hydrogen-bond acceptors (Lipinski definition) is 3. The molecule has 0 amide bonds. The van der Waals surface area contributed by atoms with E-state index in [-0.39, 0.29) is 6.85 Å². The van der Waals surface area contributed by atoms with Crippen molar-refractivity contribution in [1.29, 1.82) is 0 Å². The Morgan fingerprint density at radius 2 is 1.15 bits per heavy atom. The maximum Gasteiger partial charge on any atom is 0.333 e. The molecule has 240 valence electrons. The van der Waals surface area contributed by atoms with Crippen LogP contribution in [0.5, 0.6) is 0 Å². The van der Waals surface area contributed by atoms with Crippen LogP contribution >= 0.6 is 22.7 Å². The van der Waals surface area contributed by atoms with Crippen LogP contribution in [0.2, 0.25) is 0 Å². The van der Waals surface area contributed by atoms with Crippen LogP contribution in [0.3, 0.4) is 0 Å². The van der Waals surface area contributed by atoms with Gasteiger partial charge in [-0.1, -0.05) is 97.1 Å². The van der Waals surface area contributed by atoms with Gasteiger partial charge in [0.1, 0.15) is 0 Å². The molecular weight excluding hydrogens is 667 g/mol. The lowest BCUT2D eigenvalue weighted by atomic mass is 9.45. The molecule has 0 aliphatic carbocycles. The van der Waals surface area contributed by atoms with Crippen LogP contribution in [-0.4, -0.2) is 11.3 Å². The highest BCUT2D eigenvalue weighted by atomic mass is 32.1. The molecule has 2 aliphatic heterocycles. The number of aryl methyl sites for hydroxylation is 1. The summed E-state index contributed by atoms with van der Waals surface area (Å²) in [6.07, 6.45) is 0. The highest BCUT2D eigenvalue weighted by Crippen LogP contribution is 2.49. The molecule has 0 saturated heterocycles. The number of hydrogen-bond donors (Lipinski definition) is 0. The van der Waals surface area contributed by atoms with Crippen LogP contribution in [0.15, 0.2) is 146 Å². The second-order valence-electron chi connectivity index (χ2n) is 14.5. The van der Waals surface area contributed by atoms with E-state index in [9.17, 15) is 0 Å². The van der Waals surface area contributed by atoms with Gasteiger partial charge < -0.3 is 9.38 Å². The Balaban J connectivity index is 1.22. The summed E-state index contributed by atoms with van der Waals surface area (Å²) in [5, 5.41) is 10.5. The molecule has 13 rings (SSSR count). The molecule has 0 fully saturated rings. The first-order valence-electron chi connectivity index (χ1n) is 18.0. The Labute approximate surface area is 307 Å². The van der Waals surface area contributed by atoms with Gasteiger partial charge in [-0.3, -0.25) is 0 Å². The van der Waals surface area contributed by atoms with Crippen molar-refractivity contribution in [1.82, 2.24) is 4.48 Å². The van der Waals surface area contributed by atoms with Gasteiger partial charge in [0, 0.05) is 90.2 Å². The first-order valence-corrected chi connectivity index (χ1v) is 19.6. The maximum absolute atomic E-state index is 2.72. The van der Waals surface area contributed by atoms with E-state index in [0.717, 1.165) is 0 Å². The lowest BCUT2D eigenvalue weighted by Crippen LogP contribution is -2.56. The van der Waals surface area contributed by atoms with Crippen molar-refractivity contribution >= 4 is 130 Å². The van der Waals surface area contributed by atoms with Crippen LogP contribution in [0.25, 0.3) is 84.0 Å². The number of fused-ring (bicyclic) bond motifs is 15. The fraction of sp³-hybridized carbons (Fsp3) is 0.0213. The average molecular weight is 695 g/mol. The minimum absolute atomic E-state index is 0.0119. The molecular formula is C47H27BN2S2. The molecule has 11 aromatic rings. The standard InChI is InChI=1S/C47H27BN2S2/c1-26-21-37-33-14-8-13-32-34-19-17-27-9-2-3-10-29(27)46(34)50(47(32)33)48-38-25-44-36(31-12-5-7-16-42(31)52-44)24-39(38)49(40(22-26)45(37)48)28-18-20-43-35(23-28)30-11-4-6-15-41(30)51-43/h2-25H,1H3. The van der Waals surface area contributed by atoms with E-state index >= 15 is 0 Å². The van der Waals surface area contributed by atoms with Gasteiger partial charge in [0.15, 0.2) is 0 Å². The van der Waals surface area contributed by atoms with Crippen molar-refractivity contribution in [3.63, 3.8) is 0 Å². The third-order valence-electron chi connectivity index (χ3n) is 11.8. The largest absolute Gasteiger partial charge is 0.375 e. The summed E-state index contributed by atoms with van der Waals surface area (Å²) in [6.45, 7) is 2.28. The fourth-order valence-corrected chi connectivity index (χ4v) is 11.9. The lowest BCUT2D eigenvalue weighted by molar-refractivity contribution is 1.25. The summed E-state index contributed by atoms with van der Waals surface area (Å²) in [5.41, 5.74) is 13.1. The molecule has 8 aromatic carbocycles. The van der Waals surface area contributed by atoms with Crippen molar-refractivity contribution in [2.45, 2.75) is 6.92 Å². The van der Waals surface area contributed by atoms with E-state index in [4.69, 9.17) is 0 Å². The van der Waals surface area contributed by atoms with Crippen LogP contribution in [0, 0.1) is 6.92 Å². The van der Waals surface area contributed by atoms with Crippen LogP contribution in [0.1, 0.15) is 5.56 Å². The third-order valence-corrected chi connectivity index (χ3v) is 14.0. The zero-order chi connectivity index (χ0) is 33.8. The molecule has 0 radical (unpaired) electrons. The van der Waals surface area contributed by atoms with Gasteiger partial charge in [0.25, 0.3) is 0 Å². The van der Waals surface area contributed by atoms with Gasteiger partial charge in [0.2, 0.25) is 0 Å². The second kappa shape index (κ2) is 9.71. The van der Waals surface area contributed by atoms with Gasteiger partial charge in [-0.25, -0.2) is 0 Å². The summed E-state index contributed by atoms with van der Waals surface area (Å²) in [4.78, 5) is 2.59. The first kappa shape index (κ1) is 27.8. The molecule has 52 heavy (non-hydrogen) atoms. The molecule has 0 saturated carbocycles. The molecule has 5 heterocycles. The zero-order valence-electron chi connectivity index (χ0n) is 28.1. The monoisotopic (exact) mass is 694 g/mol. The summed E-state index contributed by atoms with van der Waals surface area (Å²) in [6, 6.07) is 55.3. The molecule has 0 atom stereocenters. The fourth-order valence-electron chi connectivity index (χ4n) is 9.69. The van der Waals surface area contributed by atoms with Crippen molar-refractivity contribution in [2.75, 3.05) is 4.90 Å². The smallest absolute Gasteiger partial charge is 0.333 e. The molecule has 0 spiro atoms. The quantitative estimate of drug-likeness (QED) is 0.155. The predicted molar refractivity (Wildman–Crippen MR) is 228 cm³/mol. The number of thiophene rings is 2. The van der Waals surface area contributed by atoms with Gasteiger partial charge in [-0.05, 0) is 82.9 Å². The lowest BCUT2D eigenvalue weighted by Gasteiger charge is -2.41. The van der Waals surface area contributed by atoms with Crippen molar-refractivity contribution in [3.05, 3.63) is 151 Å². The number of benzene rings is 8. The summed E-state index contributed by atoms with van der Waals surface area (Å²) in [7, 11) is 0. The highest BCUT2D eigenvalue weighted by Gasteiger charge is 2.43. The van der Waals surface area contributed by atoms with Crippen LogP contribution in [0.4, 0.5) is 17.1 Å². The van der Waals surface area contributed by atoms with E-state index in [1.54, 1.807) is 0 Å². The number of para-hydroxylation sites is 1. The van der Waals surface area contributed by atoms with E-state index in [2.05, 4.69) is 162 Å². The minimum atomic E-state index is 0.0119. The molecule has 0 N–H and O–H groups in total. The number of rotatable bonds is 1. The molecule has 2 nitrogen and oxygen atoms in total. The highest BCUT2D eigenvalue weighted by molar-refractivity contribution is 7.26. The molecule has 3 aromatic heterocycles. The predicted octanol–water partition coefficient (Wildman–Crippen LogP) is 12.4. The van der Waals surface area contributed by atoms with Crippen molar-refractivity contribution in [3.8, 4) is 11.1 Å². The normalized spacial score (nSPS) is 13.4. The topological polar surface area (TPSA) is 8.17 Å². The summed E-state index contributed by atoms with van der Waals surface area (Å²) in [5.74, 6) is 0. The third kappa shape index (κ3) is 3.41. The van der Waals surface area contributed by atoms with Crippen molar-refractivity contribution < 1.29 is 0 Å². The molecule has 5 heteroatoms. The van der Waals surface area contributed by atoms with Gasteiger partial charge >= 0.3 is 6.85 Å². The number of aromatic nitrogens is 1. The SMILES string of the molecule is Cc1cc2c3c(c1)N(c1ccc4sc5ccccc5c4c1)c1cc4c(cc1B3n1c3c-2cccc3c2ccc3ccccc3c21)sc1ccccc14. The van der Waals surface area contributed by atoms with Crippen LogP contribution in [-0.2, 0) is 0 Å². The maximum atomic E-state index is 2.72. The Bertz CT molecular complexity index is 3400. The average Bonchev–Trinajstić information content (AvgIpc) is 3.85. The minimum Gasteiger partial charge on any atom is -0.375 e. The summed E-state index contributed by atoms with van der Waals surface area (Å²) < 4.78 is 8.05. The van der Waals surface area contributed by atoms with Gasteiger partial charge in [0.05, 0.1) is 0 Å². The zero-order valence-corrected chi connectivity index (χ0v) is 29.8. The van der Waals surface area contributed by atoms with Gasteiger partial charge in [-0.2, -0.15) is 0 Å². The Hall–Kier alpha value is -5.88. The van der Waals surface area contributed by atoms with Crippen molar-refractivity contribution in [2.24, 2.45) is 0 Å².